The first kappa shape index (κ1) is 30.4. The normalized spacial score (nSPS) is 15.8. The Bertz CT molecular complexity index is 1880. The first-order valence-corrected chi connectivity index (χ1v) is 15.6. The third kappa shape index (κ3) is 7.47. The molecule has 1 aliphatic rings. The van der Waals surface area contributed by atoms with Gasteiger partial charge in [0.2, 0.25) is 5.91 Å². The molecule has 5 rings (SSSR count). The standard InChI is InChI=1S/C33H30N4O6S/c1-23-14-16-43-31(23)33(41)35-27-8-5-7-24(18-27)12-13-25-17-26(20-34-19-25)32(40)36-44(42,29-10-3-2-4-11-29)22-30(39)37-15-6-9-28(38)21-37/h2-5,7-8,10-11,14,16-20,28,38H,6,9,15,21-22H2,1H3,(H,35,41). The smallest absolute Gasteiger partial charge is 0.291 e. The maximum absolute atomic E-state index is 14.1. The lowest BCUT2D eigenvalue weighted by Gasteiger charge is -2.30. The molecule has 1 aliphatic heterocycles. The van der Waals surface area contributed by atoms with Gasteiger partial charge in [-0.15, -0.1) is 0 Å². The summed E-state index contributed by atoms with van der Waals surface area (Å²) in [4.78, 5) is 44.7. The number of amides is 3. The van der Waals surface area contributed by atoms with Crippen LogP contribution in [0.5, 0.6) is 0 Å². The van der Waals surface area contributed by atoms with Gasteiger partial charge < -0.3 is 19.7 Å². The number of anilines is 1. The van der Waals surface area contributed by atoms with Crippen LogP contribution in [0.15, 0.2) is 99.1 Å². The molecule has 0 spiro atoms. The van der Waals surface area contributed by atoms with Crippen molar-refractivity contribution in [3.8, 4) is 11.8 Å². The number of carbonyl (C=O) groups excluding carboxylic acids is 3. The van der Waals surface area contributed by atoms with Crippen LogP contribution in [0.25, 0.3) is 0 Å². The fourth-order valence-corrected chi connectivity index (χ4v) is 6.48. The molecule has 11 heteroatoms. The molecule has 0 saturated carbocycles. The number of hydrogen-bond donors (Lipinski definition) is 2. The van der Waals surface area contributed by atoms with E-state index in [0.29, 0.717) is 36.2 Å². The molecular formula is C33H30N4O6S. The van der Waals surface area contributed by atoms with Gasteiger partial charge in [0.1, 0.15) is 5.75 Å². The molecule has 2 aromatic heterocycles. The van der Waals surface area contributed by atoms with Gasteiger partial charge in [-0.1, -0.05) is 36.1 Å². The number of nitrogens with zero attached hydrogens (tertiary/aromatic N) is 3. The number of piperidine rings is 1. The van der Waals surface area contributed by atoms with Crippen molar-refractivity contribution in [2.24, 2.45) is 4.36 Å². The average Bonchev–Trinajstić information content (AvgIpc) is 3.46. The highest BCUT2D eigenvalue weighted by Gasteiger charge is 2.27. The van der Waals surface area contributed by atoms with Crippen LogP contribution in [-0.2, 0) is 14.5 Å². The van der Waals surface area contributed by atoms with Crippen molar-refractivity contribution >= 4 is 33.1 Å². The number of benzene rings is 2. The van der Waals surface area contributed by atoms with Crippen LogP contribution in [0.1, 0.15) is 50.4 Å². The molecule has 2 atom stereocenters. The number of aliphatic hydroxyl groups excluding tert-OH is 1. The van der Waals surface area contributed by atoms with Crippen LogP contribution < -0.4 is 5.32 Å². The average molecular weight is 611 g/mol. The Morgan fingerprint density at radius 2 is 1.86 bits per heavy atom. The largest absolute Gasteiger partial charge is 0.459 e. The highest BCUT2D eigenvalue weighted by atomic mass is 32.2. The Morgan fingerprint density at radius 3 is 2.61 bits per heavy atom. The van der Waals surface area contributed by atoms with Crippen LogP contribution in [0, 0.1) is 18.8 Å². The monoisotopic (exact) mass is 610 g/mol. The number of β-amino-alcohol motifs (C(OH)–C–C–N with tert-alkyl or cyclic N) is 1. The fraction of sp³-hybridized carbons (Fsp3) is 0.212. The van der Waals surface area contributed by atoms with Crippen molar-refractivity contribution in [1.82, 2.24) is 9.88 Å². The number of aliphatic hydroxyl groups is 1. The van der Waals surface area contributed by atoms with Crippen molar-refractivity contribution in [3.63, 3.8) is 0 Å². The Hall–Kier alpha value is -5.05. The second-order valence-electron chi connectivity index (χ2n) is 10.3. The third-order valence-corrected chi connectivity index (χ3v) is 9.04. The molecule has 2 N–H and O–H groups in total. The SMILES string of the molecule is Cc1ccoc1C(=O)Nc1cccc(C#Cc2cncc(C(=O)N=S(=O)(CC(=O)N3CCCC(O)C3)c3ccccc3)c2)c1. The lowest BCUT2D eigenvalue weighted by molar-refractivity contribution is -0.131. The summed E-state index contributed by atoms with van der Waals surface area (Å²) in [6, 6.07) is 18.4. The summed E-state index contributed by atoms with van der Waals surface area (Å²) in [5, 5.41) is 12.8. The Kier molecular flexibility index (Phi) is 9.33. The van der Waals surface area contributed by atoms with E-state index in [0.717, 1.165) is 5.56 Å². The van der Waals surface area contributed by atoms with Gasteiger partial charge in [-0.25, -0.2) is 4.21 Å². The van der Waals surface area contributed by atoms with Crippen molar-refractivity contribution in [3.05, 3.63) is 113 Å². The van der Waals surface area contributed by atoms with Crippen molar-refractivity contribution in [2.45, 2.75) is 30.8 Å². The van der Waals surface area contributed by atoms with Gasteiger partial charge in [-0.05, 0) is 62.2 Å². The van der Waals surface area contributed by atoms with Crippen molar-refractivity contribution in [1.29, 1.82) is 0 Å². The number of furan rings is 1. The van der Waals surface area contributed by atoms with E-state index in [4.69, 9.17) is 4.42 Å². The zero-order valence-electron chi connectivity index (χ0n) is 23.9. The summed E-state index contributed by atoms with van der Waals surface area (Å²) in [5.74, 6) is 4.07. The van der Waals surface area contributed by atoms with Crippen molar-refractivity contribution in [2.75, 3.05) is 24.2 Å². The molecule has 10 nitrogen and oxygen atoms in total. The number of rotatable bonds is 6. The molecule has 4 aromatic rings. The summed E-state index contributed by atoms with van der Waals surface area (Å²) in [5.41, 5.74) is 2.34. The summed E-state index contributed by atoms with van der Waals surface area (Å²) >= 11 is 0. The molecule has 1 fully saturated rings. The Balaban J connectivity index is 1.36. The summed E-state index contributed by atoms with van der Waals surface area (Å²) in [6.07, 6.45) is 4.83. The third-order valence-electron chi connectivity index (χ3n) is 6.94. The zero-order chi connectivity index (χ0) is 31.1. The van der Waals surface area contributed by atoms with Crippen LogP contribution in [-0.4, -0.2) is 61.9 Å². The topological polar surface area (TPSA) is 142 Å². The molecule has 2 unspecified atom stereocenters. The predicted molar refractivity (Wildman–Crippen MR) is 164 cm³/mol. The second-order valence-corrected chi connectivity index (χ2v) is 12.5. The number of hydrogen-bond acceptors (Lipinski definition) is 7. The number of pyridine rings is 1. The number of aryl methyl sites for hydroxylation is 1. The van der Waals surface area contributed by atoms with E-state index in [1.807, 2.05) is 0 Å². The van der Waals surface area contributed by atoms with Gasteiger partial charge in [-0.2, -0.15) is 4.36 Å². The van der Waals surface area contributed by atoms with Crippen LogP contribution >= 0.6 is 0 Å². The highest BCUT2D eigenvalue weighted by Crippen LogP contribution is 2.19. The quantitative estimate of drug-likeness (QED) is 0.310. The minimum atomic E-state index is -3.49. The molecule has 3 amide bonds. The van der Waals surface area contributed by atoms with Gasteiger partial charge in [0.15, 0.2) is 5.76 Å². The lowest BCUT2D eigenvalue weighted by atomic mass is 10.1. The molecule has 0 aliphatic carbocycles. The minimum absolute atomic E-state index is 0.0659. The summed E-state index contributed by atoms with van der Waals surface area (Å²) < 4.78 is 23.4. The van der Waals surface area contributed by atoms with E-state index in [1.54, 1.807) is 67.6 Å². The van der Waals surface area contributed by atoms with Gasteiger partial charge in [-0.3, -0.25) is 19.4 Å². The predicted octanol–water partition coefficient (Wildman–Crippen LogP) is 4.29. The zero-order valence-corrected chi connectivity index (χ0v) is 24.8. The number of likely N-dealkylation sites (tertiary alicyclic amines) is 1. The summed E-state index contributed by atoms with van der Waals surface area (Å²) in [7, 11) is -3.49. The highest BCUT2D eigenvalue weighted by molar-refractivity contribution is 7.94. The van der Waals surface area contributed by atoms with Crippen molar-refractivity contribution < 1.29 is 28.1 Å². The Morgan fingerprint density at radius 1 is 1.07 bits per heavy atom. The van der Waals surface area contributed by atoms with Gasteiger partial charge in [0.25, 0.3) is 11.8 Å². The van der Waals surface area contributed by atoms with Gasteiger partial charge >= 0.3 is 0 Å². The van der Waals surface area contributed by atoms with E-state index in [9.17, 15) is 23.7 Å². The lowest BCUT2D eigenvalue weighted by Crippen LogP contribution is -2.44. The molecule has 3 heterocycles. The maximum Gasteiger partial charge on any atom is 0.291 e. The summed E-state index contributed by atoms with van der Waals surface area (Å²) in [6.45, 7) is 2.38. The molecular weight excluding hydrogens is 580 g/mol. The number of aromatic nitrogens is 1. The maximum atomic E-state index is 14.1. The molecule has 0 radical (unpaired) electrons. The van der Waals surface area contributed by atoms with Crippen LogP contribution in [0.2, 0.25) is 0 Å². The first-order chi connectivity index (χ1) is 21.2. The van der Waals surface area contributed by atoms with E-state index in [2.05, 4.69) is 26.5 Å². The Labute approximate surface area is 255 Å². The van der Waals surface area contributed by atoms with E-state index >= 15 is 0 Å². The molecule has 224 valence electrons. The fourth-order valence-electron chi connectivity index (χ4n) is 4.67. The molecule has 44 heavy (non-hydrogen) atoms. The van der Waals surface area contributed by atoms with E-state index in [1.165, 1.54) is 29.6 Å². The van der Waals surface area contributed by atoms with E-state index < -0.39 is 33.4 Å². The number of nitrogens with one attached hydrogen (secondary N) is 1. The first-order valence-electron chi connectivity index (χ1n) is 13.9. The minimum Gasteiger partial charge on any atom is -0.459 e. The molecule has 1 saturated heterocycles. The van der Waals surface area contributed by atoms with Crippen LogP contribution in [0.3, 0.4) is 0 Å². The van der Waals surface area contributed by atoms with Crippen LogP contribution in [0.4, 0.5) is 5.69 Å². The van der Waals surface area contributed by atoms with Gasteiger partial charge in [0.05, 0.1) is 27.7 Å². The van der Waals surface area contributed by atoms with Gasteiger partial charge in [0, 0.05) is 52.8 Å². The second kappa shape index (κ2) is 13.5. The molecule has 2 aromatic carbocycles. The van der Waals surface area contributed by atoms with E-state index in [-0.39, 0.29) is 28.7 Å². The molecule has 0 bridgehead atoms. The number of carbonyl (C=O) groups is 3.